The number of hydrogen-bond acceptors (Lipinski definition) is 7. The summed E-state index contributed by atoms with van der Waals surface area (Å²) >= 11 is 7.87. The van der Waals surface area contributed by atoms with Crippen LogP contribution < -0.4 is 10.7 Å². The smallest absolute Gasteiger partial charge is 0.326 e. The standard InChI is InChI=1S/C23H26ClN3O4S/c1-4-31-19(28)12-27-20-15(5-7-17(24)22(20)32-3)21(29)16-6-8-18(26-23(16)27)25-11-13-9-14(10-13)30-2/h5-8,13-14H,4,9-12H2,1-3H3,(H,25,26). The molecule has 0 spiro atoms. The molecular weight excluding hydrogens is 450 g/mol. The molecule has 0 saturated heterocycles. The van der Waals surface area contributed by atoms with Gasteiger partial charge in [0.15, 0.2) is 5.43 Å². The van der Waals surface area contributed by atoms with E-state index >= 15 is 0 Å². The number of nitrogens with zero attached hydrogens (tertiary/aromatic N) is 2. The molecule has 0 bridgehead atoms. The van der Waals surface area contributed by atoms with Gasteiger partial charge in [-0.2, -0.15) is 0 Å². The number of nitrogens with one attached hydrogen (secondary N) is 1. The second-order valence-corrected chi connectivity index (χ2v) is 9.06. The van der Waals surface area contributed by atoms with Crippen LogP contribution in [0.1, 0.15) is 19.8 Å². The highest BCUT2D eigenvalue weighted by Crippen LogP contribution is 2.34. The summed E-state index contributed by atoms with van der Waals surface area (Å²) in [5.74, 6) is 0.783. The quantitative estimate of drug-likeness (QED) is 0.295. The Morgan fingerprint density at radius 2 is 2.03 bits per heavy atom. The number of pyridine rings is 2. The lowest BCUT2D eigenvalue weighted by molar-refractivity contribution is -0.143. The van der Waals surface area contributed by atoms with Gasteiger partial charge in [0.05, 0.1) is 33.5 Å². The summed E-state index contributed by atoms with van der Waals surface area (Å²) in [6.45, 7) is 2.74. The first-order valence-electron chi connectivity index (χ1n) is 10.6. The van der Waals surface area contributed by atoms with Gasteiger partial charge in [-0.3, -0.25) is 9.59 Å². The lowest BCUT2D eigenvalue weighted by Crippen LogP contribution is -2.34. The Morgan fingerprint density at radius 1 is 1.28 bits per heavy atom. The summed E-state index contributed by atoms with van der Waals surface area (Å²) in [6.07, 6.45) is 4.26. The number of benzene rings is 1. The first-order chi connectivity index (χ1) is 15.5. The molecule has 4 rings (SSSR count). The summed E-state index contributed by atoms with van der Waals surface area (Å²) in [6, 6.07) is 6.99. The Kier molecular flexibility index (Phi) is 6.93. The van der Waals surface area contributed by atoms with E-state index in [1.165, 1.54) is 11.8 Å². The van der Waals surface area contributed by atoms with Gasteiger partial charge in [0.25, 0.3) is 0 Å². The highest BCUT2D eigenvalue weighted by Gasteiger charge is 2.28. The van der Waals surface area contributed by atoms with Gasteiger partial charge < -0.3 is 19.4 Å². The van der Waals surface area contributed by atoms with Crippen molar-refractivity contribution in [3.8, 4) is 0 Å². The Hall–Kier alpha value is -2.29. The SMILES string of the molecule is CCOC(=O)Cn1c2nc(NCC3CC(OC)C3)ccc2c(=O)c2ccc(Cl)c(SC)c21. The largest absolute Gasteiger partial charge is 0.465 e. The second kappa shape index (κ2) is 9.68. The van der Waals surface area contributed by atoms with Crippen molar-refractivity contribution >= 4 is 57.1 Å². The zero-order chi connectivity index (χ0) is 22.8. The molecule has 1 aliphatic carbocycles. The lowest BCUT2D eigenvalue weighted by atomic mass is 9.82. The third-order valence-corrected chi connectivity index (χ3v) is 7.12. The van der Waals surface area contributed by atoms with Gasteiger partial charge in [0, 0.05) is 19.0 Å². The molecule has 0 radical (unpaired) electrons. The van der Waals surface area contributed by atoms with Gasteiger partial charge in [0.2, 0.25) is 0 Å². The van der Waals surface area contributed by atoms with Crippen LogP contribution in [0.25, 0.3) is 21.9 Å². The summed E-state index contributed by atoms with van der Waals surface area (Å²) < 4.78 is 12.3. The summed E-state index contributed by atoms with van der Waals surface area (Å²) in [4.78, 5) is 31.2. The first kappa shape index (κ1) is 22.9. The van der Waals surface area contributed by atoms with E-state index in [0.29, 0.717) is 44.8 Å². The normalized spacial score (nSPS) is 18.0. The summed E-state index contributed by atoms with van der Waals surface area (Å²) in [5, 5.41) is 4.84. The van der Waals surface area contributed by atoms with Crippen molar-refractivity contribution in [1.29, 1.82) is 0 Å². The Labute approximate surface area is 195 Å². The fourth-order valence-electron chi connectivity index (χ4n) is 4.14. The van der Waals surface area contributed by atoms with Crippen LogP contribution in [0, 0.1) is 5.92 Å². The van der Waals surface area contributed by atoms with Crippen LogP contribution >= 0.6 is 23.4 Å². The maximum atomic E-state index is 13.3. The monoisotopic (exact) mass is 475 g/mol. The molecule has 2 heterocycles. The van der Waals surface area contributed by atoms with Gasteiger partial charge in [-0.05, 0) is 56.2 Å². The Bertz CT molecular complexity index is 1220. The number of thioether (sulfide) groups is 1. The van der Waals surface area contributed by atoms with Crippen LogP contribution in [0.4, 0.5) is 5.82 Å². The number of methoxy groups -OCH3 is 1. The molecule has 1 aromatic carbocycles. The number of halogens is 1. The lowest BCUT2D eigenvalue weighted by Gasteiger charge is -2.34. The van der Waals surface area contributed by atoms with Gasteiger partial charge >= 0.3 is 5.97 Å². The van der Waals surface area contributed by atoms with Gasteiger partial charge in [-0.15, -0.1) is 11.8 Å². The van der Waals surface area contributed by atoms with E-state index in [-0.39, 0.29) is 18.6 Å². The molecule has 32 heavy (non-hydrogen) atoms. The third-order valence-electron chi connectivity index (χ3n) is 5.87. The predicted molar refractivity (Wildman–Crippen MR) is 129 cm³/mol. The van der Waals surface area contributed by atoms with Crippen molar-refractivity contribution in [1.82, 2.24) is 9.55 Å². The van der Waals surface area contributed by atoms with E-state index in [1.807, 2.05) is 12.3 Å². The fraction of sp³-hybridized carbons (Fsp3) is 0.435. The minimum Gasteiger partial charge on any atom is -0.465 e. The minimum absolute atomic E-state index is 0.0659. The average Bonchev–Trinajstić information content (AvgIpc) is 2.75. The number of carbonyl (C=O) groups excluding carboxylic acids is 1. The maximum absolute atomic E-state index is 13.3. The van der Waals surface area contributed by atoms with E-state index in [4.69, 9.17) is 26.1 Å². The van der Waals surface area contributed by atoms with Crippen molar-refractivity contribution in [3.05, 3.63) is 39.5 Å². The topological polar surface area (TPSA) is 82.5 Å². The predicted octanol–water partition coefficient (Wildman–Crippen LogP) is 4.33. The molecule has 1 aliphatic rings. The number of aromatic nitrogens is 2. The number of hydrogen-bond donors (Lipinski definition) is 1. The molecule has 7 nitrogen and oxygen atoms in total. The van der Waals surface area contributed by atoms with Crippen molar-refractivity contribution in [2.45, 2.75) is 37.3 Å². The van der Waals surface area contributed by atoms with Crippen LogP contribution in [0.15, 0.2) is 34.0 Å². The van der Waals surface area contributed by atoms with Crippen LogP contribution in [-0.2, 0) is 20.8 Å². The number of esters is 1. The molecule has 2 aromatic heterocycles. The molecule has 0 aliphatic heterocycles. The molecule has 0 atom stereocenters. The van der Waals surface area contributed by atoms with Crippen molar-refractivity contribution < 1.29 is 14.3 Å². The van der Waals surface area contributed by atoms with E-state index in [2.05, 4.69) is 5.32 Å². The summed E-state index contributed by atoms with van der Waals surface area (Å²) in [5.41, 5.74) is 0.895. The van der Waals surface area contributed by atoms with E-state index < -0.39 is 5.97 Å². The Morgan fingerprint density at radius 3 is 2.72 bits per heavy atom. The number of anilines is 1. The van der Waals surface area contributed by atoms with Crippen LogP contribution in [0.3, 0.4) is 0 Å². The van der Waals surface area contributed by atoms with E-state index in [9.17, 15) is 9.59 Å². The molecule has 3 aromatic rings. The molecule has 1 saturated carbocycles. The molecule has 170 valence electrons. The second-order valence-electron chi connectivity index (χ2n) is 7.84. The third kappa shape index (κ3) is 4.31. The first-order valence-corrected chi connectivity index (χ1v) is 12.2. The van der Waals surface area contributed by atoms with Gasteiger partial charge in [-0.25, -0.2) is 4.98 Å². The maximum Gasteiger partial charge on any atom is 0.326 e. The van der Waals surface area contributed by atoms with Crippen LogP contribution in [0.5, 0.6) is 0 Å². The Balaban J connectivity index is 1.83. The molecular formula is C23H26ClN3O4S. The number of ether oxygens (including phenoxy) is 2. The van der Waals surface area contributed by atoms with Gasteiger partial charge in [0.1, 0.15) is 18.0 Å². The zero-order valence-electron chi connectivity index (χ0n) is 18.3. The number of fused-ring (bicyclic) bond motifs is 2. The highest BCUT2D eigenvalue weighted by molar-refractivity contribution is 7.99. The van der Waals surface area contributed by atoms with Crippen molar-refractivity contribution in [2.24, 2.45) is 5.92 Å². The van der Waals surface area contributed by atoms with E-state index in [0.717, 1.165) is 24.3 Å². The number of carbonyl (C=O) groups is 1. The van der Waals surface area contributed by atoms with E-state index in [1.54, 1.807) is 36.8 Å². The zero-order valence-corrected chi connectivity index (χ0v) is 19.9. The van der Waals surface area contributed by atoms with Crippen molar-refractivity contribution in [3.63, 3.8) is 0 Å². The van der Waals surface area contributed by atoms with Crippen LogP contribution in [0.2, 0.25) is 5.02 Å². The molecule has 0 amide bonds. The highest BCUT2D eigenvalue weighted by atomic mass is 35.5. The summed E-state index contributed by atoms with van der Waals surface area (Å²) in [7, 11) is 1.74. The molecule has 9 heteroatoms. The molecule has 1 fully saturated rings. The number of rotatable bonds is 8. The minimum atomic E-state index is -0.397. The average molecular weight is 476 g/mol. The van der Waals surface area contributed by atoms with Gasteiger partial charge in [-0.1, -0.05) is 11.6 Å². The molecule has 1 N–H and O–H groups in total. The van der Waals surface area contributed by atoms with Crippen molar-refractivity contribution in [2.75, 3.05) is 31.8 Å². The fourth-order valence-corrected chi connectivity index (χ4v) is 5.21. The molecule has 0 unspecified atom stereocenters. The van der Waals surface area contributed by atoms with Crippen LogP contribution in [-0.4, -0.2) is 48.1 Å².